The van der Waals surface area contributed by atoms with Gasteiger partial charge in [0.1, 0.15) is 5.84 Å². The number of hydrogen-bond acceptors (Lipinski definition) is 1. The fraction of sp³-hybridized carbons (Fsp3) is 0.111. The molecule has 0 fully saturated rings. The van der Waals surface area contributed by atoms with E-state index in [1.54, 1.807) is 0 Å². The summed E-state index contributed by atoms with van der Waals surface area (Å²) in [4.78, 5) is 0. The van der Waals surface area contributed by atoms with Crippen molar-refractivity contribution >= 4 is 5.84 Å². The highest BCUT2D eigenvalue weighted by atomic mass is 14.7. The maximum Gasteiger partial charge on any atom is 0.123 e. The van der Waals surface area contributed by atoms with Crippen LogP contribution in [0.4, 0.5) is 0 Å². The van der Waals surface area contributed by atoms with E-state index >= 15 is 0 Å². The van der Waals surface area contributed by atoms with E-state index in [1.165, 1.54) is 0 Å². The second-order valence-electron chi connectivity index (χ2n) is 2.29. The molecule has 0 saturated carbocycles. The van der Waals surface area contributed by atoms with Crippen molar-refractivity contribution in [1.82, 2.24) is 0 Å². The maximum atomic E-state index is 7.24. The molecule has 0 aromatic heterocycles. The Bertz CT molecular complexity index is 266. The van der Waals surface area contributed by atoms with Gasteiger partial charge in [0.2, 0.25) is 0 Å². The highest BCUT2D eigenvalue weighted by Crippen LogP contribution is 2.08. The molecule has 0 aliphatic carbocycles. The molecular formula is C9H11N2. The average Bonchev–Trinajstić information content (AvgIpc) is 2.04. The van der Waals surface area contributed by atoms with E-state index in [-0.39, 0.29) is 5.84 Å². The van der Waals surface area contributed by atoms with Crippen LogP contribution in [0, 0.1) is 11.8 Å². The van der Waals surface area contributed by atoms with Crippen LogP contribution in [0.3, 0.4) is 0 Å². The minimum Gasteiger partial charge on any atom is -0.384 e. The zero-order valence-corrected chi connectivity index (χ0v) is 6.46. The summed E-state index contributed by atoms with van der Waals surface area (Å²) in [6.07, 6.45) is 1.94. The van der Waals surface area contributed by atoms with Gasteiger partial charge in [0.05, 0.1) is 0 Å². The van der Waals surface area contributed by atoms with E-state index in [9.17, 15) is 0 Å². The van der Waals surface area contributed by atoms with Crippen molar-refractivity contribution in [2.75, 3.05) is 0 Å². The molecule has 0 aliphatic heterocycles. The van der Waals surface area contributed by atoms with Crippen LogP contribution in [0.15, 0.2) is 24.3 Å². The SMILES string of the molecule is C[CH]c1ccccc1C(=N)N. The van der Waals surface area contributed by atoms with E-state index in [0.717, 1.165) is 11.1 Å². The number of benzene rings is 1. The number of amidine groups is 1. The fourth-order valence-electron chi connectivity index (χ4n) is 0.994. The Morgan fingerprint density at radius 2 is 2.09 bits per heavy atom. The minimum atomic E-state index is 0.124. The van der Waals surface area contributed by atoms with Crippen LogP contribution in [0.25, 0.3) is 0 Å². The van der Waals surface area contributed by atoms with Gasteiger partial charge in [-0.1, -0.05) is 31.2 Å². The first-order valence-corrected chi connectivity index (χ1v) is 3.48. The molecule has 57 valence electrons. The van der Waals surface area contributed by atoms with Gasteiger partial charge < -0.3 is 5.73 Å². The lowest BCUT2D eigenvalue weighted by Crippen LogP contribution is -2.12. The van der Waals surface area contributed by atoms with E-state index in [0.29, 0.717) is 0 Å². The zero-order chi connectivity index (χ0) is 8.27. The molecular weight excluding hydrogens is 136 g/mol. The summed E-state index contributed by atoms with van der Waals surface area (Å²) < 4.78 is 0. The van der Waals surface area contributed by atoms with Gasteiger partial charge in [0.25, 0.3) is 0 Å². The Morgan fingerprint density at radius 3 is 2.55 bits per heavy atom. The van der Waals surface area contributed by atoms with Gasteiger partial charge >= 0.3 is 0 Å². The molecule has 0 atom stereocenters. The number of hydrogen-bond donors (Lipinski definition) is 2. The third-order valence-electron chi connectivity index (χ3n) is 1.56. The first-order valence-electron chi connectivity index (χ1n) is 3.48. The van der Waals surface area contributed by atoms with Crippen LogP contribution >= 0.6 is 0 Å². The molecule has 1 radical (unpaired) electrons. The van der Waals surface area contributed by atoms with Gasteiger partial charge in [-0.2, -0.15) is 0 Å². The van der Waals surface area contributed by atoms with Crippen LogP contribution in [0.1, 0.15) is 18.1 Å². The largest absolute Gasteiger partial charge is 0.384 e. The van der Waals surface area contributed by atoms with E-state index in [2.05, 4.69) is 0 Å². The van der Waals surface area contributed by atoms with Crippen LogP contribution < -0.4 is 5.73 Å². The Labute approximate surface area is 66.6 Å². The van der Waals surface area contributed by atoms with Crippen LogP contribution in [0.5, 0.6) is 0 Å². The molecule has 0 amide bonds. The first-order chi connectivity index (χ1) is 5.25. The number of rotatable bonds is 2. The van der Waals surface area contributed by atoms with E-state index < -0.39 is 0 Å². The van der Waals surface area contributed by atoms with Crippen LogP contribution in [-0.2, 0) is 0 Å². The van der Waals surface area contributed by atoms with Gasteiger partial charge in [-0.3, -0.25) is 5.41 Å². The van der Waals surface area contributed by atoms with Crippen LogP contribution in [0.2, 0.25) is 0 Å². The zero-order valence-electron chi connectivity index (χ0n) is 6.46. The van der Waals surface area contributed by atoms with Crippen molar-refractivity contribution in [3.05, 3.63) is 41.8 Å². The third kappa shape index (κ3) is 1.58. The summed E-state index contributed by atoms with van der Waals surface area (Å²) in [5.41, 5.74) is 7.17. The molecule has 3 N–H and O–H groups in total. The topological polar surface area (TPSA) is 49.9 Å². The molecule has 0 aliphatic rings. The lowest BCUT2D eigenvalue weighted by Gasteiger charge is -2.03. The van der Waals surface area contributed by atoms with Crippen LogP contribution in [-0.4, -0.2) is 5.84 Å². The van der Waals surface area contributed by atoms with Gasteiger partial charge in [0.15, 0.2) is 0 Å². The molecule has 2 nitrogen and oxygen atoms in total. The van der Waals surface area contributed by atoms with Crippen molar-refractivity contribution < 1.29 is 0 Å². The average molecular weight is 147 g/mol. The summed E-state index contributed by atoms with van der Waals surface area (Å²) in [6.45, 7) is 1.93. The van der Waals surface area contributed by atoms with Crippen molar-refractivity contribution in [2.45, 2.75) is 6.92 Å². The van der Waals surface area contributed by atoms with Gasteiger partial charge in [0, 0.05) is 5.56 Å². The number of nitrogens with one attached hydrogen (secondary N) is 1. The highest BCUT2D eigenvalue weighted by Gasteiger charge is 2.00. The Balaban J connectivity index is 3.12. The smallest absolute Gasteiger partial charge is 0.123 e. The molecule has 1 aromatic carbocycles. The van der Waals surface area contributed by atoms with Crippen molar-refractivity contribution in [3.63, 3.8) is 0 Å². The molecule has 1 aromatic rings. The molecule has 0 heterocycles. The van der Waals surface area contributed by atoms with Gasteiger partial charge in [-0.15, -0.1) is 0 Å². The summed E-state index contributed by atoms with van der Waals surface area (Å²) >= 11 is 0. The van der Waals surface area contributed by atoms with Gasteiger partial charge in [-0.05, 0) is 12.0 Å². The Morgan fingerprint density at radius 1 is 1.45 bits per heavy atom. The molecule has 1 rings (SSSR count). The normalized spacial score (nSPS) is 9.55. The first kappa shape index (κ1) is 7.79. The lowest BCUT2D eigenvalue weighted by atomic mass is 10.1. The molecule has 11 heavy (non-hydrogen) atoms. The molecule has 0 spiro atoms. The third-order valence-corrected chi connectivity index (χ3v) is 1.56. The molecule has 0 unspecified atom stereocenters. The van der Waals surface area contributed by atoms with Gasteiger partial charge in [-0.25, -0.2) is 0 Å². The molecule has 0 bridgehead atoms. The number of nitrogen functional groups attached to an aromatic ring is 1. The Hall–Kier alpha value is -1.31. The van der Waals surface area contributed by atoms with E-state index in [1.807, 2.05) is 37.6 Å². The summed E-state index contributed by atoms with van der Waals surface area (Å²) in [6, 6.07) is 7.60. The maximum absolute atomic E-state index is 7.24. The summed E-state index contributed by atoms with van der Waals surface area (Å²) in [5.74, 6) is 0.124. The quantitative estimate of drug-likeness (QED) is 0.484. The predicted molar refractivity (Wildman–Crippen MR) is 46.5 cm³/mol. The second-order valence-corrected chi connectivity index (χ2v) is 2.29. The monoisotopic (exact) mass is 147 g/mol. The summed E-state index contributed by atoms with van der Waals surface area (Å²) in [5, 5.41) is 7.24. The van der Waals surface area contributed by atoms with Crippen molar-refractivity contribution in [2.24, 2.45) is 5.73 Å². The number of nitrogens with two attached hydrogens (primary N) is 1. The fourth-order valence-corrected chi connectivity index (χ4v) is 0.994. The highest BCUT2D eigenvalue weighted by molar-refractivity contribution is 5.96. The molecule has 0 saturated heterocycles. The predicted octanol–water partition coefficient (Wildman–Crippen LogP) is 1.54. The van der Waals surface area contributed by atoms with Crippen molar-refractivity contribution in [1.29, 1.82) is 5.41 Å². The lowest BCUT2D eigenvalue weighted by molar-refractivity contribution is 1.35. The minimum absolute atomic E-state index is 0.124. The summed E-state index contributed by atoms with van der Waals surface area (Å²) in [7, 11) is 0. The van der Waals surface area contributed by atoms with E-state index in [4.69, 9.17) is 11.1 Å². The molecule has 2 heteroatoms. The van der Waals surface area contributed by atoms with Crippen molar-refractivity contribution in [3.8, 4) is 0 Å². The Kier molecular flexibility index (Phi) is 2.26. The standard InChI is InChI=1S/C9H11N2/c1-2-7-5-3-4-6-8(7)9(10)11/h2-6H,1H3,(H3,10,11). The second kappa shape index (κ2) is 3.19.